The maximum absolute atomic E-state index is 13.4. The zero-order chi connectivity index (χ0) is 21.7. The van der Waals surface area contributed by atoms with E-state index in [-0.39, 0.29) is 23.3 Å². The fraction of sp³-hybridized carbons (Fsp3) is 0.600. The normalized spacial score (nSPS) is 11.2. The molecule has 0 aromatic carbocycles. The minimum Gasteiger partial charge on any atom is -0.383 e. The SMILES string of the molecule is CCCCN(C(=O)c1sc(C(C)C)nc1C)c1c(N)n(CCCC)c(=O)[nH]c1=O. The first-order valence-corrected chi connectivity index (χ1v) is 11.0. The number of nitrogens with one attached hydrogen (secondary N) is 1. The monoisotopic (exact) mass is 421 g/mol. The number of anilines is 2. The summed E-state index contributed by atoms with van der Waals surface area (Å²) in [5.41, 5.74) is 5.73. The summed E-state index contributed by atoms with van der Waals surface area (Å²) in [6.45, 7) is 10.6. The van der Waals surface area contributed by atoms with Gasteiger partial charge in [-0.1, -0.05) is 40.5 Å². The van der Waals surface area contributed by atoms with Gasteiger partial charge < -0.3 is 5.73 Å². The van der Waals surface area contributed by atoms with Gasteiger partial charge in [0.1, 0.15) is 10.7 Å². The minimum atomic E-state index is -0.643. The molecule has 8 nitrogen and oxygen atoms in total. The Labute approximate surface area is 174 Å². The third-order valence-corrected chi connectivity index (χ3v) is 6.15. The summed E-state index contributed by atoms with van der Waals surface area (Å²) in [6, 6.07) is 0. The molecule has 0 spiro atoms. The number of amides is 1. The predicted molar refractivity (Wildman–Crippen MR) is 118 cm³/mol. The maximum Gasteiger partial charge on any atom is 0.330 e. The van der Waals surface area contributed by atoms with Crippen LogP contribution in [0.3, 0.4) is 0 Å². The van der Waals surface area contributed by atoms with Gasteiger partial charge >= 0.3 is 5.69 Å². The van der Waals surface area contributed by atoms with E-state index in [1.54, 1.807) is 6.92 Å². The molecule has 0 aliphatic heterocycles. The molecular formula is C20H31N5O3S. The summed E-state index contributed by atoms with van der Waals surface area (Å²) in [7, 11) is 0. The highest BCUT2D eigenvalue weighted by molar-refractivity contribution is 7.14. The summed E-state index contributed by atoms with van der Waals surface area (Å²) in [5.74, 6) is -0.0742. The molecule has 0 saturated carbocycles. The van der Waals surface area contributed by atoms with E-state index in [0.29, 0.717) is 30.1 Å². The van der Waals surface area contributed by atoms with E-state index >= 15 is 0 Å². The molecule has 0 unspecified atom stereocenters. The molecular weight excluding hydrogens is 390 g/mol. The molecule has 160 valence electrons. The van der Waals surface area contributed by atoms with Gasteiger partial charge in [-0.15, -0.1) is 11.3 Å². The van der Waals surface area contributed by atoms with E-state index in [0.717, 1.165) is 24.3 Å². The van der Waals surface area contributed by atoms with Gasteiger partial charge in [-0.25, -0.2) is 9.78 Å². The summed E-state index contributed by atoms with van der Waals surface area (Å²) < 4.78 is 1.34. The Balaban J connectivity index is 2.59. The molecule has 9 heteroatoms. The zero-order valence-corrected chi connectivity index (χ0v) is 18.7. The Hall–Kier alpha value is -2.42. The summed E-state index contributed by atoms with van der Waals surface area (Å²) in [6.07, 6.45) is 3.16. The first kappa shape index (κ1) is 22.9. The number of nitrogens with two attached hydrogens (primary N) is 1. The smallest absolute Gasteiger partial charge is 0.330 e. The van der Waals surface area contributed by atoms with Crippen molar-refractivity contribution in [3.8, 4) is 0 Å². The number of nitrogens with zero attached hydrogens (tertiary/aromatic N) is 3. The van der Waals surface area contributed by atoms with Crippen molar-refractivity contribution >= 4 is 28.7 Å². The highest BCUT2D eigenvalue weighted by atomic mass is 32.1. The van der Waals surface area contributed by atoms with Crippen LogP contribution in [0.2, 0.25) is 0 Å². The molecule has 29 heavy (non-hydrogen) atoms. The lowest BCUT2D eigenvalue weighted by atomic mass is 10.2. The lowest BCUT2D eigenvalue weighted by molar-refractivity contribution is 0.0989. The Bertz CT molecular complexity index is 973. The molecule has 0 aliphatic rings. The first-order chi connectivity index (χ1) is 13.7. The number of aromatic nitrogens is 3. The zero-order valence-electron chi connectivity index (χ0n) is 17.9. The number of unbranched alkanes of at least 4 members (excludes halogenated alkanes) is 2. The molecule has 2 heterocycles. The fourth-order valence-corrected chi connectivity index (χ4v) is 4.01. The molecule has 2 rings (SSSR count). The second-order valence-corrected chi connectivity index (χ2v) is 8.46. The standard InChI is InChI=1S/C20H31N5O3S/c1-6-8-10-24(19(27)15-13(5)22-18(29-15)12(3)4)14-16(21)25(11-9-7-2)20(28)23-17(14)26/h12H,6-11,21H2,1-5H3,(H,23,26,28). The summed E-state index contributed by atoms with van der Waals surface area (Å²) in [4.78, 5) is 47.1. The van der Waals surface area contributed by atoms with Gasteiger partial charge in [0.2, 0.25) is 0 Å². The average molecular weight is 422 g/mol. The minimum absolute atomic E-state index is 0.0305. The Morgan fingerprint density at radius 1 is 1.24 bits per heavy atom. The highest BCUT2D eigenvalue weighted by Crippen LogP contribution is 2.28. The van der Waals surface area contributed by atoms with E-state index in [4.69, 9.17) is 5.73 Å². The highest BCUT2D eigenvalue weighted by Gasteiger charge is 2.28. The van der Waals surface area contributed by atoms with Gasteiger partial charge in [-0.3, -0.25) is 24.0 Å². The first-order valence-electron chi connectivity index (χ1n) is 10.1. The van der Waals surface area contributed by atoms with E-state index in [2.05, 4.69) is 9.97 Å². The number of aryl methyl sites for hydroxylation is 1. The van der Waals surface area contributed by atoms with Crippen LogP contribution in [0.25, 0.3) is 0 Å². The van der Waals surface area contributed by atoms with Crippen molar-refractivity contribution in [2.45, 2.75) is 72.8 Å². The molecule has 0 atom stereocenters. The number of nitrogen functional groups attached to an aromatic ring is 1. The summed E-state index contributed by atoms with van der Waals surface area (Å²) >= 11 is 1.34. The second-order valence-electron chi connectivity index (χ2n) is 7.43. The van der Waals surface area contributed by atoms with Crippen LogP contribution in [-0.2, 0) is 6.54 Å². The van der Waals surface area contributed by atoms with E-state index < -0.39 is 11.2 Å². The van der Waals surface area contributed by atoms with Gasteiger partial charge in [0.15, 0.2) is 5.69 Å². The molecule has 3 N–H and O–H groups in total. The Kier molecular flexibility index (Phi) is 7.78. The van der Waals surface area contributed by atoms with Crippen LogP contribution in [-0.4, -0.2) is 27.0 Å². The topological polar surface area (TPSA) is 114 Å². The lowest BCUT2D eigenvalue weighted by Crippen LogP contribution is -2.41. The van der Waals surface area contributed by atoms with Crippen molar-refractivity contribution in [3.63, 3.8) is 0 Å². The maximum atomic E-state index is 13.4. The molecule has 2 aromatic heterocycles. The van der Waals surface area contributed by atoms with E-state index in [9.17, 15) is 14.4 Å². The van der Waals surface area contributed by atoms with Crippen molar-refractivity contribution < 1.29 is 4.79 Å². The van der Waals surface area contributed by atoms with Gasteiger partial charge in [-0.2, -0.15) is 0 Å². The van der Waals surface area contributed by atoms with Gasteiger partial charge in [0, 0.05) is 19.0 Å². The number of hydrogen-bond donors (Lipinski definition) is 2. The number of carbonyl (C=O) groups is 1. The Morgan fingerprint density at radius 2 is 1.90 bits per heavy atom. The lowest BCUT2D eigenvalue weighted by Gasteiger charge is -2.24. The van der Waals surface area contributed by atoms with Crippen LogP contribution in [0.1, 0.15) is 79.7 Å². The number of rotatable bonds is 9. The number of thiazole rings is 1. The van der Waals surface area contributed by atoms with Crippen molar-refractivity contribution in [2.24, 2.45) is 0 Å². The van der Waals surface area contributed by atoms with Crippen LogP contribution < -0.4 is 21.9 Å². The number of carbonyl (C=O) groups excluding carboxylic acids is 1. The molecule has 1 amide bonds. The van der Waals surface area contributed by atoms with Gasteiger partial charge in [-0.05, 0) is 19.8 Å². The largest absolute Gasteiger partial charge is 0.383 e. The number of hydrogen-bond acceptors (Lipinski definition) is 6. The van der Waals surface area contributed by atoms with Crippen LogP contribution in [0, 0.1) is 6.92 Å². The van der Waals surface area contributed by atoms with Crippen LogP contribution >= 0.6 is 11.3 Å². The summed E-state index contributed by atoms with van der Waals surface area (Å²) in [5, 5.41) is 0.871. The van der Waals surface area contributed by atoms with Crippen molar-refractivity contribution in [1.29, 1.82) is 0 Å². The Morgan fingerprint density at radius 3 is 2.45 bits per heavy atom. The quantitative estimate of drug-likeness (QED) is 0.645. The molecule has 2 aromatic rings. The van der Waals surface area contributed by atoms with Crippen molar-refractivity contribution in [2.75, 3.05) is 17.2 Å². The third-order valence-electron chi connectivity index (χ3n) is 4.70. The molecule has 0 bridgehead atoms. The van der Waals surface area contributed by atoms with E-state index in [1.807, 2.05) is 27.7 Å². The number of H-pyrrole nitrogens is 1. The molecule has 0 radical (unpaired) electrons. The molecule has 0 fully saturated rings. The fourth-order valence-electron chi connectivity index (χ4n) is 2.99. The van der Waals surface area contributed by atoms with Crippen molar-refractivity contribution in [1.82, 2.24) is 14.5 Å². The third kappa shape index (κ3) is 4.95. The van der Waals surface area contributed by atoms with E-state index in [1.165, 1.54) is 20.8 Å². The number of aromatic amines is 1. The molecule has 0 saturated heterocycles. The van der Waals surface area contributed by atoms with Gasteiger partial charge in [0.05, 0.1) is 10.7 Å². The molecule has 0 aliphatic carbocycles. The second kappa shape index (κ2) is 9.87. The van der Waals surface area contributed by atoms with Crippen LogP contribution in [0.15, 0.2) is 9.59 Å². The predicted octanol–water partition coefficient (Wildman–Crippen LogP) is 3.25. The van der Waals surface area contributed by atoms with Crippen molar-refractivity contribution in [3.05, 3.63) is 36.4 Å². The average Bonchev–Trinajstić information content (AvgIpc) is 3.05. The van der Waals surface area contributed by atoms with Gasteiger partial charge in [0.25, 0.3) is 11.5 Å². The van der Waals surface area contributed by atoms with Crippen LogP contribution in [0.4, 0.5) is 11.5 Å². The van der Waals surface area contributed by atoms with Crippen LogP contribution in [0.5, 0.6) is 0 Å².